The maximum absolute atomic E-state index is 11.7. The predicted octanol–water partition coefficient (Wildman–Crippen LogP) is 1.14. The molecule has 1 aromatic carbocycles. The molecule has 102 valence electrons. The highest BCUT2D eigenvalue weighted by Gasteiger charge is 2.12. The fourth-order valence-electron chi connectivity index (χ4n) is 1.26. The zero-order valence-corrected chi connectivity index (χ0v) is 11.2. The lowest BCUT2D eigenvalue weighted by atomic mass is 10.2. The van der Waals surface area contributed by atoms with Crippen LogP contribution < -0.4 is 10.5 Å². The number of aromatic hydroxyl groups is 1. The third kappa shape index (κ3) is 4.80. The van der Waals surface area contributed by atoms with Crippen molar-refractivity contribution in [2.75, 3.05) is 22.8 Å². The van der Waals surface area contributed by atoms with Crippen molar-refractivity contribution in [1.29, 1.82) is 0 Å². The normalized spacial score (nSPS) is 11.7. The second kappa shape index (κ2) is 5.92. The van der Waals surface area contributed by atoms with Crippen LogP contribution in [0.15, 0.2) is 18.2 Å². The zero-order valence-electron chi connectivity index (χ0n) is 10.4. The Bertz CT molecular complexity index is 500. The lowest BCUT2D eigenvalue weighted by Crippen LogP contribution is -2.22. The quantitative estimate of drug-likeness (QED) is 0.533. The molecule has 18 heavy (non-hydrogen) atoms. The number of hydrogen-bond donors (Lipinski definition) is 3. The highest BCUT2D eigenvalue weighted by atomic mass is 32.2. The maximum atomic E-state index is 11.7. The second-order valence-corrected chi connectivity index (χ2v) is 5.95. The van der Waals surface area contributed by atoms with Gasteiger partial charge in [-0.2, -0.15) is 0 Å². The fraction of sp³-hybridized carbons (Fsp3) is 0.455. The van der Waals surface area contributed by atoms with Crippen LogP contribution in [0.2, 0.25) is 0 Å². The van der Waals surface area contributed by atoms with Crippen LogP contribution in [-0.4, -0.2) is 32.0 Å². The van der Waals surface area contributed by atoms with Gasteiger partial charge in [0.25, 0.3) is 0 Å². The molecule has 0 aliphatic carbocycles. The minimum atomic E-state index is -3.50. The highest BCUT2D eigenvalue weighted by Crippen LogP contribution is 2.24. The monoisotopic (exact) mass is 274 g/mol. The molecule has 0 bridgehead atoms. The van der Waals surface area contributed by atoms with Crippen molar-refractivity contribution in [2.45, 2.75) is 20.0 Å². The Labute approximate surface area is 107 Å². The average molecular weight is 274 g/mol. The molecule has 0 amide bonds. The molecule has 0 saturated carbocycles. The smallest absolute Gasteiger partial charge is 0.235 e. The third-order valence-electron chi connectivity index (χ3n) is 2.10. The van der Waals surface area contributed by atoms with Crippen LogP contribution >= 0.6 is 0 Å². The summed E-state index contributed by atoms with van der Waals surface area (Å²) in [5.74, 6) is -0.163. The van der Waals surface area contributed by atoms with Crippen LogP contribution in [0.3, 0.4) is 0 Å². The van der Waals surface area contributed by atoms with E-state index in [-0.39, 0.29) is 35.6 Å². The minimum absolute atomic E-state index is 0.0149. The van der Waals surface area contributed by atoms with Crippen molar-refractivity contribution in [3.05, 3.63) is 18.2 Å². The van der Waals surface area contributed by atoms with Crippen molar-refractivity contribution < 1.29 is 18.3 Å². The molecule has 0 atom stereocenters. The summed E-state index contributed by atoms with van der Waals surface area (Å²) < 4.78 is 30.9. The van der Waals surface area contributed by atoms with E-state index in [9.17, 15) is 8.42 Å². The Kier molecular flexibility index (Phi) is 4.80. The Balaban J connectivity index is 2.65. The second-order valence-electron chi connectivity index (χ2n) is 4.11. The number of benzene rings is 1. The van der Waals surface area contributed by atoms with Crippen LogP contribution in [-0.2, 0) is 14.8 Å². The van der Waals surface area contributed by atoms with E-state index in [0.717, 1.165) is 0 Å². The number of phenolic OH excluding ortho intramolecular Hbond substituents is 1. The van der Waals surface area contributed by atoms with Crippen LogP contribution in [0.1, 0.15) is 13.8 Å². The summed E-state index contributed by atoms with van der Waals surface area (Å²) >= 11 is 0. The summed E-state index contributed by atoms with van der Waals surface area (Å²) in [6, 6.07) is 4.05. The van der Waals surface area contributed by atoms with Gasteiger partial charge in [-0.1, -0.05) is 0 Å². The molecule has 1 aromatic rings. The average Bonchev–Trinajstić information content (AvgIpc) is 2.21. The molecule has 0 radical (unpaired) electrons. The summed E-state index contributed by atoms with van der Waals surface area (Å²) in [6.45, 7) is 3.78. The molecular formula is C11H18N2O4S. The molecule has 0 saturated heterocycles. The number of sulfonamides is 1. The van der Waals surface area contributed by atoms with Crippen molar-refractivity contribution in [1.82, 2.24) is 0 Å². The first kappa shape index (κ1) is 14.6. The number of nitrogen functional groups attached to an aromatic ring is 1. The van der Waals surface area contributed by atoms with Crippen LogP contribution in [0, 0.1) is 0 Å². The number of phenols is 1. The molecule has 0 heterocycles. The Morgan fingerprint density at radius 1 is 1.44 bits per heavy atom. The third-order valence-corrected chi connectivity index (χ3v) is 3.34. The van der Waals surface area contributed by atoms with Gasteiger partial charge in [0.15, 0.2) is 0 Å². The number of rotatable bonds is 6. The van der Waals surface area contributed by atoms with Gasteiger partial charge in [0.1, 0.15) is 5.75 Å². The van der Waals surface area contributed by atoms with Crippen molar-refractivity contribution in [2.24, 2.45) is 0 Å². The number of nitrogens with one attached hydrogen (secondary N) is 1. The Hall–Kier alpha value is -1.47. The molecule has 6 nitrogen and oxygen atoms in total. The van der Waals surface area contributed by atoms with E-state index in [1.165, 1.54) is 18.2 Å². The van der Waals surface area contributed by atoms with Crippen molar-refractivity contribution in [3.8, 4) is 5.75 Å². The van der Waals surface area contributed by atoms with Crippen LogP contribution in [0.4, 0.5) is 11.4 Å². The molecule has 7 heteroatoms. The summed E-state index contributed by atoms with van der Waals surface area (Å²) in [4.78, 5) is 0. The van der Waals surface area contributed by atoms with E-state index in [0.29, 0.717) is 0 Å². The molecule has 1 rings (SSSR count). The van der Waals surface area contributed by atoms with Gasteiger partial charge in [-0.05, 0) is 26.0 Å². The molecule has 0 fully saturated rings. The first-order valence-electron chi connectivity index (χ1n) is 5.51. The van der Waals surface area contributed by atoms with Gasteiger partial charge in [-0.3, -0.25) is 4.72 Å². The molecule has 4 N–H and O–H groups in total. The number of nitrogens with two attached hydrogens (primary N) is 1. The van der Waals surface area contributed by atoms with Gasteiger partial charge in [-0.15, -0.1) is 0 Å². The highest BCUT2D eigenvalue weighted by molar-refractivity contribution is 7.92. The molecule has 0 unspecified atom stereocenters. The first-order valence-corrected chi connectivity index (χ1v) is 7.16. The van der Waals surface area contributed by atoms with Gasteiger partial charge < -0.3 is 15.6 Å². The molecule has 0 aliphatic rings. The summed E-state index contributed by atoms with van der Waals surface area (Å²) in [6.07, 6.45) is -0.0149. The molecule has 0 aromatic heterocycles. The van der Waals surface area contributed by atoms with E-state index in [2.05, 4.69) is 4.72 Å². The number of hydrogen-bond acceptors (Lipinski definition) is 5. The van der Waals surface area contributed by atoms with Gasteiger partial charge in [0.05, 0.1) is 29.8 Å². The first-order chi connectivity index (χ1) is 8.30. The van der Waals surface area contributed by atoms with Gasteiger partial charge in [0.2, 0.25) is 10.0 Å². The molecular weight excluding hydrogens is 256 g/mol. The van der Waals surface area contributed by atoms with Gasteiger partial charge in [0, 0.05) is 6.07 Å². The standard InChI is InChI=1S/C11H18N2O4S/c1-8(2)17-5-6-18(15,16)13-11-4-3-9(14)7-10(11)12/h3-4,7-8,13-14H,5-6,12H2,1-2H3. The summed E-state index contributed by atoms with van der Waals surface area (Å²) in [5.41, 5.74) is 6.00. The minimum Gasteiger partial charge on any atom is -0.508 e. The number of ether oxygens (including phenoxy) is 1. The van der Waals surface area contributed by atoms with E-state index < -0.39 is 10.0 Å². The van der Waals surface area contributed by atoms with E-state index in [4.69, 9.17) is 15.6 Å². The zero-order chi connectivity index (χ0) is 13.8. The van der Waals surface area contributed by atoms with Crippen LogP contribution in [0.5, 0.6) is 5.75 Å². The van der Waals surface area contributed by atoms with E-state index in [1.54, 1.807) is 0 Å². The van der Waals surface area contributed by atoms with Gasteiger partial charge in [-0.25, -0.2) is 8.42 Å². The maximum Gasteiger partial charge on any atom is 0.235 e. The lowest BCUT2D eigenvalue weighted by molar-refractivity contribution is 0.0913. The van der Waals surface area contributed by atoms with E-state index in [1.807, 2.05) is 13.8 Å². The fourth-order valence-corrected chi connectivity index (χ4v) is 2.19. The topological polar surface area (TPSA) is 102 Å². The largest absolute Gasteiger partial charge is 0.508 e. The predicted molar refractivity (Wildman–Crippen MR) is 71.0 cm³/mol. The molecule has 0 spiro atoms. The SMILES string of the molecule is CC(C)OCCS(=O)(=O)Nc1ccc(O)cc1N. The van der Waals surface area contributed by atoms with E-state index >= 15 is 0 Å². The molecule has 0 aliphatic heterocycles. The van der Waals surface area contributed by atoms with Crippen molar-refractivity contribution in [3.63, 3.8) is 0 Å². The lowest BCUT2D eigenvalue weighted by Gasteiger charge is -2.11. The summed E-state index contributed by atoms with van der Waals surface area (Å²) in [7, 11) is -3.50. The van der Waals surface area contributed by atoms with Crippen LogP contribution in [0.25, 0.3) is 0 Å². The van der Waals surface area contributed by atoms with Crippen molar-refractivity contribution >= 4 is 21.4 Å². The Morgan fingerprint density at radius 2 is 2.11 bits per heavy atom. The Morgan fingerprint density at radius 3 is 2.67 bits per heavy atom. The number of anilines is 2. The van der Waals surface area contributed by atoms with Gasteiger partial charge >= 0.3 is 0 Å². The summed E-state index contributed by atoms with van der Waals surface area (Å²) in [5, 5.41) is 9.16.